The second-order valence-electron chi connectivity index (χ2n) is 5.05. The monoisotopic (exact) mass is 324 g/mol. The Bertz CT molecular complexity index is 547. The van der Waals surface area contributed by atoms with Crippen molar-refractivity contribution in [2.75, 3.05) is 26.6 Å². The Balaban J connectivity index is 2.84. The molecule has 0 fully saturated rings. The van der Waals surface area contributed by atoms with Crippen molar-refractivity contribution in [2.45, 2.75) is 26.3 Å². The van der Waals surface area contributed by atoms with Crippen molar-refractivity contribution in [2.24, 2.45) is 5.92 Å². The lowest BCUT2D eigenvalue weighted by Crippen LogP contribution is -2.47. The molecule has 0 aliphatic rings. The molecule has 2 atom stereocenters. The average molecular weight is 324 g/mol. The van der Waals surface area contributed by atoms with Gasteiger partial charge in [0.25, 0.3) is 0 Å². The minimum atomic E-state index is -0.714. The molecule has 0 saturated carbocycles. The van der Waals surface area contributed by atoms with Crippen LogP contribution in [0.5, 0.6) is 11.5 Å². The molecule has 0 radical (unpaired) electrons. The van der Waals surface area contributed by atoms with Gasteiger partial charge in [0.1, 0.15) is 17.5 Å². The van der Waals surface area contributed by atoms with Crippen LogP contribution < -0.4 is 20.1 Å². The molecule has 0 unspecified atom stereocenters. The molecule has 1 aromatic carbocycles. The smallest absolute Gasteiger partial charge is 0.328 e. The van der Waals surface area contributed by atoms with Crippen molar-refractivity contribution in [3.8, 4) is 11.5 Å². The van der Waals surface area contributed by atoms with Gasteiger partial charge in [0.2, 0.25) is 0 Å². The normalized spacial score (nSPS) is 12.7. The molecule has 7 heteroatoms. The van der Waals surface area contributed by atoms with Crippen LogP contribution in [-0.2, 0) is 9.53 Å². The highest BCUT2D eigenvalue weighted by Gasteiger charge is 2.26. The number of esters is 1. The highest BCUT2D eigenvalue weighted by Crippen LogP contribution is 2.28. The maximum absolute atomic E-state index is 12.2. The third kappa shape index (κ3) is 5.05. The predicted octanol–water partition coefficient (Wildman–Crippen LogP) is 2.41. The molecule has 128 valence electrons. The zero-order chi connectivity index (χ0) is 17.4. The van der Waals surface area contributed by atoms with E-state index >= 15 is 0 Å². The molecule has 0 spiro atoms. The topological polar surface area (TPSA) is 85.9 Å². The summed E-state index contributed by atoms with van der Waals surface area (Å²) in [7, 11) is 4.33. The SMILES string of the molecule is CC[C@H](C)[C@@H](NC(=O)Nc1ccc(OC)cc1OC)C(=O)OC. The second-order valence-corrected chi connectivity index (χ2v) is 5.05. The third-order valence-corrected chi connectivity index (χ3v) is 3.61. The fraction of sp³-hybridized carbons (Fsp3) is 0.500. The van der Waals surface area contributed by atoms with E-state index in [1.807, 2.05) is 13.8 Å². The minimum Gasteiger partial charge on any atom is -0.497 e. The van der Waals surface area contributed by atoms with Crippen LogP contribution in [0, 0.1) is 5.92 Å². The van der Waals surface area contributed by atoms with Gasteiger partial charge in [-0.3, -0.25) is 0 Å². The largest absolute Gasteiger partial charge is 0.497 e. The number of nitrogens with one attached hydrogen (secondary N) is 2. The molecule has 7 nitrogen and oxygen atoms in total. The maximum Gasteiger partial charge on any atom is 0.328 e. The molecule has 1 rings (SSSR count). The number of amides is 2. The summed E-state index contributed by atoms with van der Waals surface area (Å²) in [4.78, 5) is 24.0. The molecular formula is C16H24N2O5. The first kappa shape index (κ1) is 18.6. The van der Waals surface area contributed by atoms with Gasteiger partial charge in [-0.2, -0.15) is 0 Å². The molecule has 0 heterocycles. The lowest BCUT2D eigenvalue weighted by Gasteiger charge is -2.22. The van der Waals surface area contributed by atoms with Crippen molar-refractivity contribution >= 4 is 17.7 Å². The first-order chi connectivity index (χ1) is 11.0. The average Bonchev–Trinajstić information content (AvgIpc) is 2.58. The van der Waals surface area contributed by atoms with E-state index in [0.29, 0.717) is 17.2 Å². The summed E-state index contributed by atoms with van der Waals surface area (Å²) in [5, 5.41) is 5.30. The molecule has 0 aliphatic carbocycles. The fourth-order valence-corrected chi connectivity index (χ4v) is 2.00. The van der Waals surface area contributed by atoms with Crippen LogP contribution in [0.4, 0.5) is 10.5 Å². The molecule has 23 heavy (non-hydrogen) atoms. The first-order valence-electron chi connectivity index (χ1n) is 7.34. The number of anilines is 1. The quantitative estimate of drug-likeness (QED) is 0.752. The molecule has 0 aliphatic heterocycles. The van der Waals surface area contributed by atoms with Crippen LogP contribution in [0.1, 0.15) is 20.3 Å². The molecular weight excluding hydrogens is 300 g/mol. The van der Waals surface area contributed by atoms with Crippen molar-refractivity contribution in [3.05, 3.63) is 18.2 Å². The molecule has 1 aromatic rings. The second kappa shape index (κ2) is 8.87. The number of hydrogen-bond donors (Lipinski definition) is 2. The Morgan fingerprint density at radius 3 is 2.39 bits per heavy atom. The highest BCUT2D eigenvalue weighted by molar-refractivity contribution is 5.94. The van der Waals surface area contributed by atoms with Crippen molar-refractivity contribution in [3.63, 3.8) is 0 Å². The minimum absolute atomic E-state index is 0.0500. The van der Waals surface area contributed by atoms with E-state index in [9.17, 15) is 9.59 Å². The standard InChI is InChI=1S/C16H24N2O5/c1-6-10(2)14(15(19)23-5)18-16(20)17-12-8-7-11(21-3)9-13(12)22-4/h7-10,14H,6H2,1-5H3,(H2,17,18,20)/t10-,14+/m0/s1. The van der Waals surface area contributed by atoms with Crippen LogP contribution in [-0.4, -0.2) is 39.4 Å². The molecule has 0 aromatic heterocycles. The number of methoxy groups -OCH3 is 3. The predicted molar refractivity (Wildman–Crippen MR) is 87.0 cm³/mol. The van der Waals surface area contributed by atoms with E-state index in [-0.39, 0.29) is 5.92 Å². The Kier molecular flexibility index (Phi) is 7.18. The molecule has 0 saturated heterocycles. The van der Waals surface area contributed by atoms with Gasteiger partial charge < -0.3 is 24.8 Å². The van der Waals surface area contributed by atoms with Gasteiger partial charge in [-0.05, 0) is 18.1 Å². The zero-order valence-electron chi connectivity index (χ0n) is 14.1. The van der Waals surface area contributed by atoms with Crippen LogP contribution in [0.25, 0.3) is 0 Å². The van der Waals surface area contributed by atoms with Gasteiger partial charge in [-0.1, -0.05) is 20.3 Å². The number of hydrogen-bond acceptors (Lipinski definition) is 5. The molecule has 0 bridgehead atoms. The third-order valence-electron chi connectivity index (χ3n) is 3.61. The Hall–Kier alpha value is -2.44. The van der Waals surface area contributed by atoms with Crippen molar-refractivity contribution < 1.29 is 23.8 Å². The Morgan fingerprint density at radius 2 is 1.87 bits per heavy atom. The number of benzene rings is 1. The van der Waals surface area contributed by atoms with Crippen LogP contribution in [0.2, 0.25) is 0 Å². The summed E-state index contributed by atoms with van der Waals surface area (Å²) in [5.74, 6) is 0.541. The molecule has 2 N–H and O–H groups in total. The van der Waals surface area contributed by atoms with E-state index in [1.54, 1.807) is 25.3 Å². The summed E-state index contributed by atoms with van der Waals surface area (Å²) in [6, 6.07) is 3.79. The summed E-state index contributed by atoms with van der Waals surface area (Å²) < 4.78 is 15.1. The van der Waals surface area contributed by atoms with Crippen molar-refractivity contribution in [1.82, 2.24) is 5.32 Å². The van der Waals surface area contributed by atoms with Gasteiger partial charge in [0.05, 0.1) is 27.0 Å². The van der Waals surface area contributed by atoms with Crippen LogP contribution in [0.15, 0.2) is 18.2 Å². The summed E-state index contributed by atoms with van der Waals surface area (Å²) in [6.07, 6.45) is 0.728. The summed E-state index contributed by atoms with van der Waals surface area (Å²) in [5.41, 5.74) is 0.471. The first-order valence-corrected chi connectivity index (χ1v) is 7.34. The number of carbonyl (C=O) groups is 2. The number of carbonyl (C=O) groups excluding carboxylic acids is 2. The van der Waals surface area contributed by atoms with Gasteiger partial charge in [-0.25, -0.2) is 9.59 Å². The Morgan fingerprint density at radius 1 is 1.17 bits per heavy atom. The van der Waals surface area contributed by atoms with E-state index in [4.69, 9.17) is 14.2 Å². The molecule has 2 amide bonds. The zero-order valence-corrected chi connectivity index (χ0v) is 14.1. The van der Waals surface area contributed by atoms with Gasteiger partial charge >= 0.3 is 12.0 Å². The maximum atomic E-state index is 12.2. The lowest BCUT2D eigenvalue weighted by atomic mass is 9.99. The van der Waals surface area contributed by atoms with E-state index in [1.165, 1.54) is 14.2 Å². The van der Waals surface area contributed by atoms with Crippen LogP contribution >= 0.6 is 0 Å². The lowest BCUT2D eigenvalue weighted by molar-refractivity contribution is -0.144. The van der Waals surface area contributed by atoms with Gasteiger partial charge in [0, 0.05) is 6.07 Å². The van der Waals surface area contributed by atoms with E-state index in [2.05, 4.69) is 10.6 Å². The van der Waals surface area contributed by atoms with Crippen molar-refractivity contribution in [1.29, 1.82) is 0 Å². The van der Waals surface area contributed by atoms with Gasteiger partial charge in [0.15, 0.2) is 0 Å². The number of rotatable bonds is 7. The number of urea groups is 1. The summed E-state index contributed by atoms with van der Waals surface area (Å²) in [6.45, 7) is 3.81. The van der Waals surface area contributed by atoms with E-state index in [0.717, 1.165) is 6.42 Å². The van der Waals surface area contributed by atoms with Gasteiger partial charge in [-0.15, -0.1) is 0 Å². The fourth-order valence-electron chi connectivity index (χ4n) is 2.00. The highest BCUT2D eigenvalue weighted by atomic mass is 16.5. The Labute approximate surface area is 136 Å². The summed E-state index contributed by atoms with van der Waals surface area (Å²) >= 11 is 0. The van der Waals surface area contributed by atoms with Crippen LogP contribution in [0.3, 0.4) is 0 Å². The number of ether oxygens (including phenoxy) is 3. The van der Waals surface area contributed by atoms with E-state index < -0.39 is 18.0 Å².